The largest absolute Gasteiger partial charge is 0.344 e. The highest BCUT2D eigenvalue weighted by Gasteiger charge is 2.45. The number of rotatable bonds is 3. The van der Waals surface area contributed by atoms with Crippen LogP contribution in [0.25, 0.3) is 0 Å². The van der Waals surface area contributed by atoms with E-state index in [0.29, 0.717) is 21.5 Å². The van der Waals surface area contributed by atoms with Gasteiger partial charge in [0.15, 0.2) is 5.13 Å². The van der Waals surface area contributed by atoms with Gasteiger partial charge in [0.1, 0.15) is 16.3 Å². The summed E-state index contributed by atoms with van der Waals surface area (Å²) in [6, 6.07) is 0. The maximum atomic E-state index is 13.0. The van der Waals surface area contributed by atoms with Gasteiger partial charge in [-0.1, -0.05) is 17.4 Å². The first-order chi connectivity index (χ1) is 12.2. The summed E-state index contributed by atoms with van der Waals surface area (Å²) in [6.45, 7) is 3.41. The summed E-state index contributed by atoms with van der Waals surface area (Å²) in [5.74, 6) is -0.471. The van der Waals surface area contributed by atoms with E-state index < -0.39 is 5.54 Å². The maximum Gasteiger partial charge on any atom is 0.265 e. The highest BCUT2D eigenvalue weighted by atomic mass is 32.1. The zero-order valence-electron chi connectivity index (χ0n) is 14.9. The molecule has 1 unspecified atom stereocenters. The summed E-state index contributed by atoms with van der Waals surface area (Å²) >= 11 is 1.12. The van der Waals surface area contributed by atoms with Crippen LogP contribution in [-0.2, 0) is 9.59 Å². The van der Waals surface area contributed by atoms with E-state index in [2.05, 4.69) is 15.3 Å². The van der Waals surface area contributed by atoms with Crippen molar-refractivity contribution in [3.63, 3.8) is 0 Å². The number of thiazole rings is 1. The third-order valence-corrected chi connectivity index (χ3v) is 5.27. The van der Waals surface area contributed by atoms with Crippen LogP contribution in [0.4, 0.5) is 5.13 Å². The minimum atomic E-state index is -1.12. The molecule has 1 atom stereocenters. The number of hydrogen-bond donors (Lipinski definition) is 1. The molecule has 0 aromatic carbocycles. The Morgan fingerprint density at radius 3 is 2.77 bits per heavy atom. The Bertz CT molecular complexity index is 883. The van der Waals surface area contributed by atoms with Gasteiger partial charge in [0.2, 0.25) is 0 Å². The van der Waals surface area contributed by atoms with Crippen LogP contribution >= 0.6 is 11.3 Å². The van der Waals surface area contributed by atoms with Crippen molar-refractivity contribution in [2.75, 3.05) is 19.4 Å². The number of carbonyl (C=O) groups is 3. The third kappa shape index (κ3) is 3.05. The summed E-state index contributed by atoms with van der Waals surface area (Å²) in [6.07, 6.45) is 6.90. The summed E-state index contributed by atoms with van der Waals surface area (Å²) in [5.41, 5.74) is -0.572. The minimum Gasteiger partial charge on any atom is -0.344 e. The highest BCUT2D eigenvalue weighted by molar-refractivity contribution is 7.17. The molecule has 0 radical (unpaired) electrons. The second-order valence-electron chi connectivity index (χ2n) is 6.47. The van der Waals surface area contributed by atoms with Crippen molar-refractivity contribution in [1.82, 2.24) is 14.8 Å². The lowest BCUT2D eigenvalue weighted by atomic mass is 9.91. The number of amidine groups is 1. The van der Waals surface area contributed by atoms with E-state index in [4.69, 9.17) is 0 Å². The monoisotopic (exact) mass is 373 g/mol. The van der Waals surface area contributed by atoms with Gasteiger partial charge in [-0.2, -0.15) is 4.99 Å². The Morgan fingerprint density at radius 2 is 2.08 bits per heavy atom. The first-order valence-corrected chi connectivity index (χ1v) is 8.80. The summed E-state index contributed by atoms with van der Waals surface area (Å²) in [5, 5.41) is 3.08. The number of anilines is 1. The fraction of sp³-hybridized carbons (Fsp3) is 0.353. The van der Waals surface area contributed by atoms with E-state index in [1.54, 1.807) is 57.3 Å². The molecular weight excluding hydrogens is 354 g/mol. The summed E-state index contributed by atoms with van der Waals surface area (Å²) < 4.78 is 0. The lowest BCUT2D eigenvalue weighted by Crippen LogP contribution is -2.58. The molecule has 26 heavy (non-hydrogen) atoms. The molecule has 0 aliphatic carbocycles. The molecule has 3 amide bonds. The van der Waals surface area contributed by atoms with Crippen LogP contribution < -0.4 is 5.32 Å². The van der Waals surface area contributed by atoms with E-state index in [-0.39, 0.29) is 24.1 Å². The molecule has 136 valence electrons. The molecule has 1 N–H and O–H groups in total. The number of aromatic nitrogens is 1. The Hall–Kier alpha value is -2.81. The Kier molecular flexibility index (Phi) is 4.49. The minimum absolute atomic E-state index is 0.0473. The van der Waals surface area contributed by atoms with Crippen LogP contribution in [0.1, 0.15) is 28.7 Å². The normalized spacial score (nSPS) is 21.3. The molecule has 3 heterocycles. The van der Waals surface area contributed by atoms with Crippen LogP contribution in [0.5, 0.6) is 0 Å². The predicted octanol–water partition coefficient (Wildman–Crippen LogP) is 1.56. The Balaban J connectivity index is 1.86. The second-order valence-corrected chi connectivity index (χ2v) is 7.47. The second kappa shape index (κ2) is 6.49. The van der Waals surface area contributed by atoms with Crippen molar-refractivity contribution in [3.05, 3.63) is 35.0 Å². The van der Waals surface area contributed by atoms with Crippen LogP contribution in [0.3, 0.4) is 0 Å². The topological polar surface area (TPSA) is 95.0 Å². The van der Waals surface area contributed by atoms with Crippen molar-refractivity contribution in [3.8, 4) is 0 Å². The van der Waals surface area contributed by atoms with Gasteiger partial charge in [-0.05, 0) is 26.0 Å². The Labute approximate surface area is 154 Å². The number of amides is 3. The number of allylic oxidation sites excluding steroid dienone is 2. The van der Waals surface area contributed by atoms with Crippen LogP contribution in [0, 0.1) is 6.92 Å². The standard InChI is InChI=1S/C17H19N5O3S/c1-10-13(14(24)21(3)4)26-16(18-10)20-15(25)17(2)9-12(23)19-11-7-5-6-8-22(11)17/h5-8H,9H2,1-4H3,(H,18,20,25). The molecular formula is C17H19N5O3S. The van der Waals surface area contributed by atoms with E-state index in [1.807, 2.05) is 0 Å². The van der Waals surface area contributed by atoms with E-state index >= 15 is 0 Å². The zero-order valence-corrected chi connectivity index (χ0v) is 15.8. The summed E-state index contributed by atoms with van der Waals surface area (Å²) in [7, 11) is 3.32. The molecule has 0 saturated carbocycles. The van der Waals surface area contributed by atoms with Gasteiger partial charge < -0.3 is 9.80 Å². The number of aryl methyl sites for hydroxylation is 1. The van der Waals surface area contributed by atoms with Gasteiger partial charge in [-0.3, -0.25) is 19.7 Å². The highest BCUT2D eigenvalue weighted by Crippen LogP contribution is 2.31. The van der Waals surface area contributed by atoms with Gasteiger partial charge >= 0.3 is 0 Å². The molecule has 3 rings (SSSR count). The van der Waals surface area contributed by atoms with E-state index in [1.165, 1.54) is 4.90 Å². The molecule has 2 aliphatic rings. The smallest absolute Gasteiger partial charge is 0.265 e. The SMILES string of the molecule is Cc1nc(NC(=O)C2(C)CC(=O)N=C3C=CC=CN32)sc1C(=O)N(C)C. The quantitative estimate of drug-likeness (QED) is 0.868. The third-order valence-electron chi connectivity index (χ3n) is 4.21. The Morgan fingerprint density at radius 1 is 1.35 bits per heavy atom. The van der Waals surface area contributed by atoms with Gasteiger partial charge in [0.25, 0.3) is 17.7 Å². The summed E-state index contributed by atoms with van der Waals surface area (Å²) in [4.78, 5) is 49.0. The van der Waals surface area contributed by atoms with Crippen molar-refractivity contribution < 1.29 is 14.4 Å². The number of nitrogens with one attached hydrogen (secondary N) is 1. The predicted molar refractivity (Wildman–Crippen MR) is 99.1 cm³/mol. The number of carbonyl (C=O) groups excluding carboxylic acids is 3. The molecule has 9 heteroatoms. The first kappa shape index (κ1) is 18.0. The van der Waals surface area contributed by atoms with Crippen molar-refractivity contribution in [2.24, 2.45) is 4.99 Å². The maximum absolute atomic E-state index is 13.0. The number of fused-ring (bicyclic) bond motifs is 1. The van der Waals surface area contributed by atoms with E-state index in [9.17, 15) is 14.4 Å². The van der Waals surface area contributed by atoms with Crippen LogP contribution in [0.2, 0.25) is 0 Å². The number of nitrogens with zero attached hydrogens (tertiary/aromatic N) is 4. The van der Waals surface area contributed by atoms with E-state index in [0.717, 1.165) is 11.3 Å². The zero-order chi connectivity index (χ0) is 19.1. The van der Waals surface area contributed by atoms with Crippen molar-refractivity contribution in [2.45, 2.75) is 25.8 Å². The number of aliphatic imine (C=N–C) groups is 1. The van der Waals surface area contributed by atoms with Crippen molar-refractivity contribution in [1.29, 1.82) is 0 Å². The lowest BCUT2D eigenvalue weighted by Gasteiger charge is -2.41. The fourth-order valence-corrected chi connectivity index (χ4v) is 3.75. The van der Waals surface area contributed by atoms with Gasteiger partial charge in [0, 0.05) is 20.3 Å². The van der Waals surface area contributed by atoms with Crippen LogP contribution in [0.15, 0.2) is 29.4 Å². The molecule has 1 aromatic heterocycles. The molecule has 0 saturated heterocycles. The van der Waals surface area contributed by atoms with Crippen molar-refractivity contribution >= 4 is 40.0 Å². The average molecular weight is 373 g/mol. The molecule has 0 fully saturated rings. The van der Waals surface area contributed by atoms with Gasteiger partial charge in [0.05, 0.1) is 12.1 Å². The van der Waals surface area contributed by atoms with Gasteiger partial charge in [-0.25, -0.2) is 4.98 Å². The molecule has 1 aromatic rings. The molecule has 0 bridgehead atoms. The molecule has 2 aliphatic heterocycles. The first-order valence-electron chi connectivity index (χ1n) is 7.98. The molecule has 0 spiro atoms. The van der Waals surface area contributed by atoms with Crippen LogP contribution in [-0.4, -0.2) is 58.0 Å². The average Bonchev–Trinajstić information content (AvgIpc) is 2.94. The molecule has 8 nitrogen and oxygen atoms in total. The number of hydrogen-bond acceptors (Lipinski definition) is 6. The van der Waals surface area contributed by atoms with Gasteiger partial charge in [-0.15, -0.1) is 0 Å². The lowest BCUT2D eigenvalue weighted by molar-refractivity contribution is -0.130. The fourth-order valence-electron chi connectivity index (χ4n) is 2.76.